The van der Waals surface area contributed by atoms with Crippen LogP contribution in [0.5, 0.6) is 11.6 Å². The van der Waals surface area contributed by atoms with E-state index >= 15 is 0 Å². The second-order valence-corrected chi connectivity index (χ2v) is 6.22. The monoisotopic (exact) mass is 327 g/mol. The van der Waals surface area contributed by atoms with Gasteiger partial charge in [-0.3, -0.25) is 4.79 Å². The van der Waals surface area contributed by atoms with Crippen LogP contribution in [0, 0.1) is 12.8 Å². The van der Waals surface area contributed by atoms with Crippen LogP contribution in [0.3, 0.4) is 0 Å². The molecule has 24 heavy (non-hydrogen) atoms. The Bertz CT molecular complexity index is 686. The van der Waals surface area contributed by atoms with Crippen molar-refractivity contribution >= 4 is 5.91 Å². The molecular formula is C19H25N3O2. The van der Waals surface area contributed by atoms with E-state index in [9.17, 15) is 4.79 Å². The van der Waals surface area contributed by atoms with Crippen LogP contribution in [-0.2, 0) is 11.3 Å². The maximum absolute atomic E-state index is 12.2. The molecule has 1 amide bonds. The molecule has 0 fully saturated rings. The number of aromatic nitrogens is 1. The maximum Gasteiger partial charge on any atom is 0.224 e. The Hall–Kier alpha value is -2.40. The molecule has 0 saturated carbocycles. The number of benzene rings is 1. The molecule has 5 nitrogen and oxygen atoms in total. The van der Waals surface area contributed by atoms with Gasteiger partial charge in [-0.15, -0.1) is 0 Å². The molecule has 5 heteroatoms. The highest BCUT2D eigenvalue weighted by Crippen LogP contribution is 2.25. The molecule has 0 aliphatic rings. The Balaban J connectivity index is 2.04. The minimum atomic E-state index is -0.0718. The minimum absolute atomic E-state index is 0.0226. The SMILES string of the molecule is Cc1ccccc1Oc1ncccc1CNC(=O)C(C)CN(C)C. The standard InChI is InChI=1S/C19H25N3O2/c1-14-8-5-6-10-17(14)24-19-16(9-7-11-20-19)12-21-18(23)15(2)13-22(3)4/h5-11,15H,12-13H2,1-4H3,(H,21,23). The first-order valence-corrected chi connectivity index (χ1v) is 8.07. The van der Waals surface area contributed by atoms with E-state index < -0.39 is 0 Å². The van der Waals surface area contributed by atoms with Crippen molar-refractivity contribution in [1.82, 2.24) is 15.2 Å². The molecule has 0 saturated heterocycles. The number of amides is 1. The quantitative estimate of drug-likeness (QED) is 0.849. The zero-order chi connectivity index (χ0) is 17.5. The molecule has 1 atom stereocenters. The summed E-state index contributed by atoms with van der Waals surface area (Å²) in [6.07, 6.45) is 1.69. The highest BCUT2D eigenvalue weighted by Gasteiger charge is 2.15. The Kier molecular flexibility index (Phi) is 6.32. The van der Waals surface area contributed by atoms with Crippen LogP contribution in [-0.4, -0.2) is 36.4 Å². The van der Waals surface area contributed by atoms with E-state index in [-0.39, 0.29) is 11.8 Å². The second-order valence-electron chi connectivity index (χ2n) is 6.22. The third kappa shape index (κ3) is 5.06. The summed E-state index contributed by atoms with van der Waals surface area (Å²) in [7, 11) is 3.91. The fourth-order valence-corrected chi connectivity index (χ4v) is 2.41. The number of hydrogen-bond donors (Lipinski definition) is 1. The number of carbonyl (C=O) groups is 1. The Morgan fingerprint density at radius 3 is 2.71 bits per heavy atom. The minimum Gasteiger partial charge on any atom is -0.438 e. The fraction of sp³-hybridized carbons (Fsp3) is 0.368. The lowest BCUT2D eigenvalue weighted by Crippen LogP contribution is -2.34. The smallest absolute Gasteiger partial charge is 0.224 e. The lowest BCUT2D eigenvalue weighted by Gasteiger charge is -2.17. The number of rotatable bonds is 7. The van der Waals surface area contributed by atoms with Crippen LogP contribution in [0.1, 0.15) is 18.1 Å². The summed E-state index contributed by atoms with van der Waals surface area (Å²) in [5, 5.41) is 2.96. The highest BCUT2D eigenvalue weighted by molar-refractivity contribution is 5.78. The molecule has 1 aromatic heterocycles. The van der Waals surface area contributed by atoms with Crippen LogP contribution in [0.4, 0.5) is 0 Å². The van der Waals surface area contributed by atoms with Crippen LogP contribution >= 0.6 is 0 Å². The topological polar surface area (TPSA) is 54.5 Å². The van der Waals surface area contributed by atoms with Gasteiger partial charge in [-0.05, 0) is 38.7 Å². The van der Waals surface area contributed by atoms with Gasteiger partial charge in [0.05, 0.1) is 0 Å². The van der Waals surface area contributed by atoms with E-state index in [1.165, 1.54) is 0 Å². The number of pyridine rings is 1. The van der Waals surface area contributed by atoms with E-state index in [0.29, 0.717) is 19.0 Å². The van der Waals surface area contributed by atoms with Crippen molar-refractivity contribution in [3.63, 3.8) is 0 Å². The molecule has 1 heterocycles. The van der Waals surface area contributed by atoms with Gasteiger partial charge in [-0.25, -0.2) is 4.98 Å². The van der Waals surface area contributed by atoms with Crippen molar-refractivity contribution in [2.24, 2.45) is 5.92 Å². The van der Waals surface area contributed by atoms with Crippen molar-refractivity contribution in [3.8, 4) is 11.6 Å². The third-order valence-electron chi connectivity index (χ3n) is 3.69. The van der Waals surface area contributed by atoms with E-state index in [0.717, 1.165) is 16.9 Å². The predicted octanol–water partition coefficient (Wildman–Crippen LogP) is 3.00. The van der Waals surface area contributed by atoms with Crippen molar-refractivity contribution in [2.75, 3.05) is 20.6 Å². The van der Waals surface area contributed by atoms with Gasteiger partial charge in [0, 0.05) is 30.8 Å². The van der Waals surface area contributed by atoms with Gasteiger partial charge in [-0.2, -0.15) is 0 Å². The fourth-order valence-electron chi connectivity index (χ4n) is 2.41. The van der Waals surface area contributed by atoms with Gasteiger partial charge >= 0.3 is 0 Å². The molecule has 2 aromatic rings. The molecule has 0 bridgehead atoms. The Morgan fingerprint density at radius 1 is 1.25 bits per heavy atom. The summed E-state index contributed by atoms with van der Waals surface area (Å²) in [4.78, 5) is 18.5. The van der Waals surface area contributed by atoms with Gasteiger partial charge in [0.15, 0.2) is 0 Å². The van der Waals surface area contributed by atoms with Crippen molar-refractivity contribution < 1.29 is 9.53 Å². The van der Waals surface area contributed by atoms with Crippen LogP contribution in [0.2, 0.25) is 0 Å². The van der Waals surface area contributed by atoms with Gasteiger partial charge < -0.3 is 15.0 Å². The average Bonchev–Trinajstić information content (AvgIpc) is 2.55. The first-order valence-electron chi connectivity index (χ1n) is 8.07. The van der Waals surface area contributed by atoms with Gasteiger partial charge in [0.25, 0.3) is 0 Å². The van der Waals surface area contributed by atoms with Gasteiger partial charge in [0.2, 0.25) is 11.8 Å². The van der Waals surface area contributed by atoms with Crippen molar-refractivity contribution in [1.29, 1.82) is 0 Å². The van der Waals surface area contributed by atoms with Gasteiger partial charge in [-0.1, -0.05) is 31.2 Å². The number of nitrogens with one attached hydrogen (secondary N) is 1. The molecular weight excluding hydrogens is 302 g/mol. The van der Waals surface area contributed by atoms with E-state index in [4.69, 9.17) is 4.74 Å². The first kappa shape index (κ1) is 17.9. The maximum atomic E-state index is 12.2. The molecule has 2 rings (SSSR count). The predicted molar refractivity (Wildman–Crippen MR) is 95.1 cm³/mol. The number of carbonyl (C=O) groups excluding carboxylic acids is 1. The zero-order valence-corrected chi connectivity index (χ0v) is 14.7. The lowest BCUT2D eigenvalue weighted by atomic mass is 10.1. The lowest BCUT2D eigenvalue weighted by molar-refractivity contribution is -0.125. The molecule has 1 aromatic carbocycles. The number of hydrogen-bond acceptors (Lipinski definition) is 4. The molecule has 0 aliphatic heterocycles. The third-order valence-corrected chi connectivity index (χ3v) is 3.69. The number of aryl methyl sites for hydroxylation is 1. The highest BCUT2D eigenvalue weighted by atomic mass is 16.5. The normalized spacial score (nSPS) is 12.0. The number of nitrogens with zero attached hydrogens (tertiary/aromatic N) is 2. The molecule has 1 N–H and O–H groups in total. The Morgan fingerprint density at radius 2 is 2.00 bits per heavy atom. The zero-order valence-electron chi connectivity index (χ0n) is 14.7. The largest absolute Gasteiger partial charge is 0.438 e. The average molecular weight is 327 g/mol. The van der Waals surface area contributed by atoms with E-state index in [1.807, 2.05) is 69.2 Å². The number of ether oxygens (including phenoxy) is 1. The van der Waals surface area contributed by atoms with Crippen molar-refractivity contribution in [3.05, 3.63) is 53.7 Å². The summed E-state index contributed by atoms with van der Waals surface area (Å²) in [6, 6.07) is 11.5. The van der Waals surface area contributed by atoms with E-state index in [2.05, 4.69) is 10.3 Å². The van der Waals surface area contributed by atoms with Crippen LogP contribution in [0.25, 0.3) is 0 Å². The molecule has 0 spiro atoms. The van der Waals surface area contributed by atoms with Gasteiger partial charge in [0.1, 0.15) is 5.75 Å². The van der Waals surface area contributed by atoms with Crippen LogP contribution in [0.15, 0.2) is 42.6 Å². The summed E-state index contributed by atoms with van der Waals surface area (Å²) in [5.41, 5.74) is 1.89. The Labute approximate surface area is 143 Å². The molecule has 1 unspecified atom stereocenters. The van der Waals surface area contributed by atoms with Crippen molar-refractivity contribution in [2.45, 2.75) is 20.4 Å². The van der Waals surface area contributed by atoms with E-state index in [1.54, 1.807) is 6.20 Å². The molecule has 128 valence electrons. The first-order chi connectivity index (χ1) is 11.5. The molecule has 0 aliphatic carbocycles. The van der Waals surface area contributed by atoms with Crippen LogP contribution < -0.4 is 10.1 Å². The summed E-state index contributed by atoms with van der Waals surface area (Å²) < 4.78 is 5.93. The summed E-state index contributed by atoms with van der Waals surface area (Å²) >= 11 is 0. The second kappa shape index (κ2) is 8.45. The summed E-state index contributed by atoms with van der Waals surface area (Å²) in [5.74, 6) is 1.24. The summed E-state index contributed by atoms with van der Waals surface area (Å²) in [6.45, 7) is 5.02. The molecule has 0 radical (unpaired) electrons. The number of para-hydroxylation sites is 1.